The Morgan fingerprint density at radius 1 is 1.53 bits per heavy atom. The number of anilines is 1. The van der Waals surface area contributed by atoms with Crippen molar-refractivity contribution in [3.63, 3.8) is 0 Å². The number of nitrogens with zero attached hydrogens (tertiary/aromatic N) is 1. The third-order valence-corrected chi connectivity index (χ3v) is 3.67. The average Bonchev–Trinajstić information content (AvgIpc) is 2.68. The molecule has 1 aromatic carbocycles. The molecule has 0 radical (unpaired) electrons. The third-order valence-electron chi connectivity index (χ3n) is 3.67. The molecule has 0 bridgehead atoms. The Morgan fingerprint density at radius 3 is 2.95 bits per heavy atom. The number of nitrogens with two attached hydrogens (primary N) is 1. The standard InChI is InChI=1S/C14H18N4O/c1-8(15)14(19)16-10-5-6-11-12(7-10)18-13(17-11)9-3-2-4-9/h5-9H,2-4,15H2,1H3,(H,16,19)(H,17,18). The Morgan fingerprint density at radius 2 is 2.32 bits per heavy atom. The monoisotopic (exact) mass is 258 g/mol. The van der Waals surface area contributed by atoms with Crippen molar-refractivity contribution < 1.29 is 4.79 Å². The van der Waals surface area contributed by atoms with Crippen molar-refractivity contribution in [1.82, 2.24) is 9.97 Å². The van der Waals surface area contributed by atoms with E-state index >= 15 is 0 Å². The van der Waals surface area contributed by atoms with Gasteiger partial charge in [0, 0.05) is 11.6 Å². The number of carbonyl (C=O) groups excluding carboxylic acids is 1. The predicted molar refractivity (Wildman–Crippen MR) is 75.0 cm³/mol. The third kappa shape index (κ3) is 2.33. The molecule has 19 heavy (non-hydrogen) atoms. The highest BCUT2D eigenvalue weighted by Crippen LogP contribution is 2.35. The summed E-state index contributed by atoms with van der Waals surface area (Å²) in [7, 11) is 0. The van der Waals surface area contributed by atoms with Crippen LogP contribution in [0.3, 0.4) is 0 Å². The normalized spacial score (nSPS) is 17.2. The van der Waals surface area contributed by atoms with Gasteiger partial charge in [0.15, 0.2) is 0 Å². The number of benzene rings is 1. The van der Waals surface area contributed by atoms with Crippen LogP contribution in [0.1, 0.15) is 37.9 Å². The maximum Gasteiger partial charge on any atom is 0.240 e. The van der Waals surface area contributed by atoms with Gasteiger partial charge in [-0.3, -0.25) is 4.79 Å². The van der Waals surface area contributed by atoms with Crippen LogP contribution in [0.25, 0.3) is 11.0 Å². The minimum absolute atomic E-state index is 0.182. The van der Waals surface area contributed by atoms with E-state index in [1.54, 1.807) is 6.92 Å². The summed E-state index contributed by atoms with van der Waals surface area (Å²) in [4.78, 5) is 19.5. The number of H-pyrrole nitrogens is 1. The number of rotatable bonds is 3. The number of aromatic amines is 1. The summed E-state index contributed by atoms with van der Waals surface area (Å²) in [5.41, 5.74) is 8.19. The molecule has 5 heteroatoms. The average molecular weight is 258 g/mol. The molecule has 3 rings (SSSR count). The molecule has 1 heterocycles. The first-order chi connectivity index (χ1) is 9.13. The number of fused-ring (bicyclic) bond motifs is 1. The number of nitrogens with one attached hydrogen (secondary N) is 2. The highest BCUT2D eigenvalue weighted by Gasteiger charge is 2.22. The minimum Gasteiger partial charge on any atom is -0.342 e. The zero-order valence-electron chi connectivity index (χ0n) is 10.9. The Balaban J connectivity index is 1.85. The molecule has 2 aromatic rings. The van der Waals surface area contributed by atoms with Crippen molar-refractivity contribution in [2.24, 2.45) is 5.73 Å². The van der Waals surface area contributed by atoms with Crippen LogP contribution >= 0.6 is 0 Å². The molecular formula is C14H18N4O. The maximum atomic E-state index is 11.6. The van der Waals surface area contributed by atoms with Crippen molar-refractivity contribution >= 4 is 22.6 Å². The second-order valence-electron chi connectivity index (χ2n) is 5.26. The molecule has 1 aromatic heterocycles. The molecule has 1 aliphatic rings. The van der Waals surface area contributed by atoms with Crippen LogP contribution in [-0.4, -0.2) is 21.9 Å². The van der Waals surface area contributed by atoms with Gasteiger partial charge in [-0.2, -0.15) is 0 Å². The maximum absolute atomic E-state index is 11.6. The summed E-state index contributed by atoms with van der Waals surface area (Å²) < 4.78 is 0. The first-order valence-electron chi connectivity index (χ1n) is 6.69. The van der Waals surface area contributed by atoms with Crippen molar-refractivity contribution in [3.8, 4) is 0 Å². The highest BCUT2D eigenvalue weighted by molar-refractivity contribution is 5.96. The lowest BCUT2D eigenvalue weighted by atomic mass is 9.85. The highest BCUT2D eigenvalue weighted by atomic mass is 16.2. The minimum atomic E-state index is -0.511. The topological polar surface area (TPSA) is 83.8 Å². The van der Waals surface area contributed by atoms with Crippen molar-refractivity contribution in [3.05, 3.63) is 24.0 Å². The van der Waals surface area contributed by atoms with Crippen molar-refractivity contribution in [1.29, 1.82) is 0 Å². The van der Waals surface area contributed by atoms with Crippen LogP contribution < -0.4 is 11.1 Å². The van der Waals surface area contributed by atoms with Gasteiger partial charge in [-0.05, 0) is 38.0 Å². The molecular weight excluding hydrogens is 240 g/mol. The Labute approximate surface area is 111 Å². The largest absolute Gasteiger partial charge is 0.342 e. The Bertz CT molecular complexity index is 613. The first kappa shape index (κ1) is 12.2. The van der Waals surface area contributed by atoms with Crippen LogP contribution in [0, 0.1) is 0 Å². The lowest BCUT2D eigenvalue weighted by Crippen LogP contribution is -2.32. The van der Waals surface area contributed by atoms with E-state index in [4.69, 9.17) is 5.73 Å². The molecule has 1 unspecified atom stereocenters. The summed E-state index contributed by atoms with van der Waals surface area (Å²) in [5.74, 6) is 1.46. The van der Waals surface area contributed by atoms with Gasteiger partial charge in [0.2, 0.25) is 5.91 Å². The summed E-state index contributed by atoms with van der Waals surface area (Å²) >= 11 is 0. The predicted octanol–water partition coefficient (Wildman–Crippen LogP) is 2.12. The number of carbonyl (C=O) groups is 1. The number of aromatic nitrogens is 2. The van der Waals surface area contributed by atoms with Gasteiger partial charge in [-0.1, -0.05) is 6.42 Å². The molecule has 5 nitrogen and oxygen atoms in total. The van der Waals surface area contributed by atoms with E-state index in [0.717, 1.165) is 22.5 Å². The van der Waals surface area contributed by atoms with Gasteiger partial charge in [0.05, 0.1) is 17.1 Å². The molecule has 1 fully saturated rings. The van der Waals surface area contributed by atoms with E-state index in [1.165, 1.54) is 19.3 Å². The molecule has 100 valence electrons. The first-order valence-corrected chi connectivity index (χ1v) is 6.69. The van der Waals surface area contributed by atoms with Crippen molar-refractivity contribution in [2.45, 2.75) is 38.1 Å². The zero-order chi connectivity index (χ0) is 13.4. The second kappa shape index (κ2) is 4.66. The lowest BCUT2D eigenvalue weighted by Gasteiger charge is -2.22. The van der Waals surface area contributed by atoms with Crippen LogP contribution in [0.2, 0.25) is 0 Å². The molecule has 1 amide bonds. The number of hydrogen-bond donors (Lipinski definition) is 3. The van der Waals surface area contributed by atoms with Crippen LogP contribution in [0.15, 0.2) is 18.2 Å². The Hall–Kier alpha value is -1.88. The SMILES string of the molecule is CC(N)C(=O)Nc1ccc2nc(C3CCC3)[nH]c2c1. The Kier molecular flexibility index (Phi) is 2.98. The number of hydrogen-bond acceptors (Lipinski definition) is 3. The molecule has 1 saturated carbocycles. The number of imidazole rings is 1. The summed E-state index contributed by atoms with van der Waals surface area (Å²) in [6, 6.07) is 5.17. The smallest absolute Gasteiger partial charge is 0.240 e. The fourth-order valence-electron chi connectivity index (χ4n) is 2.24. The second-order valence-corrected chi connectivity index (χ2v) is 5.26. The van der Waals surface area contributed by atoms with Crippen LogP contribution in [-0.2, 0) is 4.79 Å². The molecule has 0 saturated heterocycles. The molecule has 4 N–H and O–H groups in total. The van der Waals surface area contributed by atoms with Crippen LogP contribution in [0.4, 0.5) is 5.69 Å². The quantitative estimate of drug-likeness (QED) is 0.788. The molecule has 0 aliphatic heterocycles. The fourth-order valence-corrected chi connectivity index (χ4v) is 2.24. The zero-order valence-corrected chi connectivity index (χ0v) is 10.9. The number of amides is 1. The summed E-state index contributed by atoms with van der Waals surface area (Å²) in [6.07, 6.45) is 3.72. The molecule has 1 atom stereocenters. The van der Waals surface area contributed by atoms with Gasteiger partial charge < -0.3 is 16.0 Å². The summed E-state index contributed by atoms with van der Waals surface area (Å²) in [5, 5.41) is 2.79. The molecule has 1 aliphatic carbocycles. The molecule has 0 spiro atoms. The van der Waals surface area contributed by atoms with E-state index < -0.39 is 6.04 Å². The van der Waals surface area contributed by atoms with E-state index in [9.17, 15) is 4.79 Å². The van der Waals surface area contributed by atoms with E-state index in [-0.39, 0.29) is 5.91 Å². The van der Waals surface area contributed by atoms with Gasteiger partial charge in [-0.25, -0.2) is 4.98 Å². The van der Waals surface area contributed by atoms with E-state index in [1.807, 2.05) is 18.2 Å². The summed E-state index contributed by atoms with van der Waals surface area (Å²) in [6.45, 7) is 1.67. The fraction of sp³-hybridized carbons (Fsp3) is 0.429. The van der Waals surface area contributed by atoms with Crippen molar-refractivity contribution in [2.75, 3.05) is 5.32 Å². The van der Waals surface area contributed by atoms with Crippen LogP contribution in [0.5, 0.6) is 0 Å². The van der Waals surface area contributed by atoms with E-state index in [2.05, 4.69) is 15.3 Å². The van der Waals surface area contributed by atoms with Gasteiger partial charge in [-0.15, -0.1) is 0 Å². The van der Waals surface area contributed by atoms with E-state index in [0.29, 0.717) is 5.92 Å². The van der Waals surface area contributed by atoms with Gasteiger partial charge in [0.25, 0.3) is 0 Å². The van der Waals surface area contributed by atoms with Gasteiger partial charge >= 0.3 is 0 Å². The van der Waals surface area contributed by atoms with Gasteiger partial charge in [0.1, 0.15) is 5.82 Å². The lowest BCUT2D eigenvalue weighted by molar-refractivity contribution is -0.117.